The fourth-order valence-electron chi connectivity index (χ4n) is 4.78. The maximum atomic E-state index is 12.9. The number of rotatable bonds is 7. The Morgan fingerprint density at radius 3 is 2.78 bits per heavy atom. The summed E-state index contributed by atoms with van der Waals surface area (Å²) in [7, 11) is 3.27. The average Bonchev–Trinajstić information content (AvgIpc) is 3.35. The molecule has 1 aromatic heterocycles. The van der Waals surface area contributed by atoms with Gasteiger partial charge < -0.3 is 20.1 Å². The second-order valence-electron chi connectivity index (χ2n) is 9.11. The molecule has 7 nitrogen and oxygen atoms in total. The SMILES string of the molecule is COc1cccc(CNC(=O)C2C=CC3N=C(c4cc(-c5cccnc5OC)ccc4C)NC3C2)c1. The maximum Gasteiger partial charge on any atom is 0.227 e. The highest BCUT2D eigenvalue weighted by Crippen LogP contribution is 2.31. The minimum atomic E-state index is -0.203. The van der Waals surface area contributed by atoms with Crippen molar-refractivity contribution in [3.63, 3.8) is 0 Å². The Labute approximate surface area is 211 Å². The van der Waals surface area contributed by atoms with Gasteiger partial charge in [0.05, 0.1) is 32.2 Å². The summed E-state index contributed by atoms with van der Waals surface area (Å²) >= 11 is 0. The summed E-state index contributed by atoms with van der Waals surface area (Å²) in [4.78, 5) is 22.2. The van der Waals surface area contributed by atoms with Crippen molar-refractivity contribution in [1.82, 2.24) is 15.6 Å². The summed E-state index contributed by atoms with van der Waals surface area (Å²) in [6.07, 6.45) is 6.45. The number of carbonyl (C=O) groups is 1. The molecule has 184 valence electrons. The van der Waals surface area contributed by atoms with E-state index in [1.165, 1.54) is 0 Å². The molecule has 0 bridgehead atoms. The number of nitrogens with zero attached hydrogens (tertiary/aromatic N) is 2. The van der Waals surface area contributed by atoms with Crippen LogP contribution in [0.3, 0.4) is 0 Å². The monoisotopic (exact) mass is 482 g/mol. The molecule has 3 atom stereocenters. The van der Waals surface area contributed by atoms with Gasteiger partial charge in [-0.25, -0.2) is 4.98 Å². The number of hydrogen-bond donors (Lipinski definition) is 2. The molecule has 3 unspecified atom stereocenters. The fraction of sp³-hybridized carbons (Fsp3) is 0.276. The third-order valence-electron chi connectivity index (χ3n) is 6.77. The van der Waals surface area contributed by atoms with Gasteiger partial charge in [-0.1, -0.05) is 36.4 Å². The molecule has 0 saturated heterocycles. The highest BCUT2D eigenvalue weighted by Gasteiger charge is 2.35. The molecule has 2 heterocycles. The molecule has 7 heteroatoms. The number of benzene rings is 2. The van der Waals surface area contributed by atoms with Gasteiger partial charge >= 0.3 is 0 Å². The highest BCUT2D eigenvalue weighted by atomic mass is 16.5. The molecule has 0 saturated carbocycles. The summed E-state index contributed by atoms with van der Waals surface area (Å²) in [5.74, 6) is 2.04. The summed E-state index contributed by atoms with van der Waals surface area (Å²) in [5, 5.41) is 6.65. The van der Waals surface area contributed by atoms with Crippen LogP contribution in [0.4, 0.5) is 0 Å². The van der Waals surface area contributed by atoms with Crippen molar-refractivity contribution in [3.8, 4) is 22.8 Å². The van der Waals surface area contributed by atoms with E-state index in [9.17, 15) is 4.79 Å². The molecule has 0 radical (unpaired) electrons. The number of ether oxygens (including phenoxy) is 2. The van der Waals surface area contributed by atoms with Gasteiger partial charge in [0.2, 0.25) is 11.8 Å². The summed E-state index contributed by atoms with van der Waals surface area (Å²) < 4.78 is 10.7. The minimum Gasteiger partial charge on any atom is -0.497 e. The molecule has 2 N–H and O–H groups in total. The van der Waals surface area contributed by atoms with Gasteiger partial charge in [0.15, 0.2) is 0 Å². The standard InChI is InChI=1S/C29H30N4O3/c1-18-9-10-20(23-8-5-13-30-29(23)36-3)15-24(18)27-32-25-12-11-21(16-26(25)33-27)28(34)31-17-19-6-4-7-22(14-19)35-2/h4-15,21,25-26H,16-17H2,1-3H3,(H,31,34)(H,32,33). The van der Waals surface area contributed by atoms with Crippen molar-refractivity contribution < 1.29 is 14.3 Å². The van der Waals surface area contributed by atoms with Crippen LogP contribution in [-0.4, -0.2) is 43.0 Å². The van der Waals surface area contributed by atoms with Gasteiger partial charge in [0, 0.05) is 23.9 Å². The number of aryl methyl sites for hydroxylation is 1. The van der Waals surface area contributed by atoms with Crippen LogP contribution in [0.1, 0.15) is 23.1 Å². The van der Waals surface area contributed by atoms with E-state index in [0.29, 0.717) is 18.8 Å². The lowest BCUT2D eigenvalue weighted by molar-refractivity contribution is -0.124. The third-order valence-corrected chi connectivity index (χ3v) is 6.77. The van der Waals surface area contributed by atoms with Crippen LogP contribution < -0.4 is 20.1 Å². The first kappa shape index (κ1) is 23.6. The van der Waals surface area contributed by atoms with Gasteiger partial charge in [-0.15, -0.1) is 0 Å². The fourth-order valence-corrected chi connectivity index (χ4v) is 4.78. The average molecular weight is 483 g/mol. The minimum absolute atomic E-state index is 0.0124. The number of carbonyl (C=O) groups excluding carboxylic acids is 1. The van der Waals surface area contributed by atoms with Gasteiger partial charge in [-0.3, -0.25) is 9.79 Å². The van der Waals surface area contributed by atoms with E-state index in [1.807, 2.05) is 48.6 Å². The van der Waals surface area contributed by atoms with Gasteiger partial charge in [-0.05, 0) is 60.4 Å². The summed E-state index contributed by atoms with van der Waals surface area (Å²) in [6.45, 7) is 2.55. The first-order valence-electron chi connectivity index (χ1n) is 12.1. The topological polar surface area (TPSA) is 84.8 Å². The second-order valence-corrected chi connectivity index (χ2v) is 9.11. The lowest BCUT2D eigenvalue weighted by Crippen LogP contribution is -2.42. The Balaban J connectivity index is 1.27. The number of amidine groups is 1. The van der Waals surface area contributed by atoms with Crippen LogP contribution in [0.25, 0.3) is 11.1 Å². The van der Waals surface area contributed by atoms with Crippen LogP contribution in [0, 0.1) is 12.8 Å². The zero-order valence-electron chi connectivity index (χ0n) is 20.7. The van der Waals surface area contributed by atoms with Crippen molar-refractivity contribution in [2.45, 2.75) is 32.0 Å². The van der Waals surface area contributed by atoms with E-state index in [1.54, 1.807) is 20.4 Å². The second kappa shape index (κ2) is 10.2. The van der Waals surface area contributed by atoms with Crippen molar-refractivity contribution in [2.75, 3.05) is 14.2 Å². The number of pyridine rings is 1. The van der Waals surface area contributed by atoms with Crippen LogP contribution in [0.5, 0.6) is 11.6 Å². The van der Waals surface area contributed by atoms with E-state index >= 15 is 0 Å². The molecule has 0 spiro atoms. The van der Waals surface area contributed by atoms with E-state index in [-0.39, 0.29) is 23.9 Å². The number of methoxy groups -OCH3 is 2. The first-order chi connectivity index (χ1) is 17.6. The Morgan fingerprint density at radius 2 is 1.94 bits per heavy atom. The number of hydrogen-bond acceptors (Lipinski definition) is 6. The number of aliphatic imine (C=N–C) groups is 1. The van der Waals surface area contributed by atoms with Crippen molar-refractivity contribution in [2.24, 2.45) is 10.9 Å². The Bertz CT molecular complexity index is 1330. The first-order valence-corrected chi connectivity index (χ1v) is 12.1. The predicted octanol–water partition coefficient (Wildman–Crippen LogP) is 4.05. The summed E-state index contributed by atoms with van der Waals surface area (Å²) in [5.41, 5.74) is 5.13. The van der Waals surface area contributed by atoms with Crippen LogP contribution in [0.15, 0.2) is 77.9 Å². The lowest BCUT2D eigenvalue weighted by Gasteiger charge is -2.25. The molecule has 1 aliphatic heterocycles. The normalized spacial score (nSPS) is 20.2. The summed E-state index contributed by atoms with van der Waals surface area (Å²) in [6, 6.07) is 18.0. The largest absolute Gasteiger partial charge is 0.497 e. The number of nitrogens with one attached hydrogen (secondary N) is 2. The zero-order valence-corrected chi connectivity index (χ0v) is 20.7. The van der Waals surface area contributed by atoms with Gasteiger partial charge in [0.25, 0.3) is 0 Å². The van der Waals surface area contributed by atoms with E-state index in [0.717, 1.165) is 39.4 Å². The van der Waals surface area contributed by atoms with Crippen molar-refractivity contribution in [1.29, 1.82) is 0 Å². The van der Waals surface area contributed by atoms with E-state index in [2.05, 4.69) is 40.7 Å². The molecular weight excluding hydrogens is 452 g/mol. The molecule has 2 aromatic carbocycles. The van der Waals surface area contributed by atoms with Gasteiger partial charge in [-0.2, -0.15) is 0 Å². The molecule has 5 rings (SSSR count). The molecule has 1 aliphatic carbocycles. The lowest BCUT2D eigenvalue weighted by atomic mass is 9.88. The number of fused-ring (bicyclic) bond motifs is 1. The van der Waals surface area contributed by atoms with Crippen LogP contribution in [0.2, 0.25) is 0 Å². The molecule has 36 heavy (non-hydrogen) atoms. The number of amides is 1. The van der Waals surface area contributed by atoms with Crippen molar-refractivity contribution >= 4 is 11.7 Å². The Hall–Kier alpha value is -4.13. The van der Waals surface area contributed by atoms with Crippen molar-refractivity contribution in [3.05, 3.63) is 89.6 Å². The Morgan fingerprint density at radius 1 is 1.06 bits per heavy atom. The molecule has 0 fully saturated rings. The molecule has 2 aliphatic rings. The quantitative estimate of drug-likeness (QED) is 0.497. The molecule has 3 aromatic rings. The smallest absolute Gasteiger partial charge is 0.227 e. The Kier molecular flexibility index (Phi) is 6.71. The highest BCUT2D eigenvalue weighted by molar-refractivity contribution is 6.03. The van der Waals surface area contributed by atoms with Crippen LogP contribution >= 0.6 is 0 Å². The number of aromatic nitrogens is 1. The van der Waals surface area contributed by atoms with Crippen LogP contribution in [-0.2, 0) is 11.3 Å². The zero-order chi connectivity index (χ0) is 25.1. The molecular formula is C29H30N4O3. The third kappa shape index (κ3) is 4.82. The predicted molar refractivity (Wildman–Crippen MR) is 140 cm³/mol. The molecule has 1 amide bonds. The van der Waals surface area contributed by atoms with E-state index in [4.69, 9.17) is 14.5 Å². The van der Waals surface area contributed by atoms with Gasteiger partial charge in [0.1, 0.15) is 11.6 Å². The maximum absolute atomic E-state index is 12.9. The van der Waals surface area contributed by atoms with E-state index < -0.39 is 0 Å².